The maximum Gasteiger partial charge on any atom is 0.146 e. The average Bonchev–Trinajstić information content (AvgIpc) is 2.45. The lowest BCUT2D eigenvalue weighted by Crippen LogP contribution is -2.39. The van der Waals surface area contributed by atoms with Crippen LogP contribution in [0.25, 0.3) is 0 Å². The lowest BCUT2D eigenvalue weighted by molar-refractivity contribution is 0.606. The lowest BCUT2D eigenvalue weighted by atomic mass is 10.1. The van der Waals surface area contributed by atoms with Gasteiger partial charge < -0.3 is 10.2 Å². The number of para-hydroxylation sites is 1. The lowest BCUT2D eigenvalue weighted by Gasteiger charge is -2.35. The van der Waals surface area contributed by atoms with Crippen LogP contribution < -0.4 is 10.2 Å². The summed E-state index contributed by atoms with van der Waals surface area (Å²) in [7, 11) is 0. The highest BCUT2D eigenvalue weighted by Crippen LogP contribution is 2.30. The molecule has 0 bridgehead atoms. The molecule has 106 valence electrons. The van der Waals surface area contributed by atoms with E-state index in [0.717, 1.165) is 49.6 Å². The Morgan fingerprint density at radius 1 is 1.42 bits per heavy atom. The largest absolute Gasteiger partial charge is 0.367 e. The summed E-state index contributed by atoms with van der Waals surface area (Å²) in [6.45, 7) is 7.83. The van der Waals surface area contributed by atoms with Crippen molar-refractivity contribution in [2.24, 2.45) is 0 Å². The van der Waals surface area contributed by atoms with Crippen molar-refractivity contribution in [2.45, 2.75) is 32.1 Å². The molecule has 1 aliphatic heterocycles. The number of anilines is 1. The first-order valence-electron chi connectivity index (χ1n) is 7.10. The van der Waals surface area contributed by atoms with Gasteiger partial charge in [0.2, 0.25) is 0 Å². The third-order valence-corrected chi connectivity index (χ3v) is 4.92. The number of nitrogens with zero attached hydrogens (tertiary/aromatic N) is 1. The fourth-order valence-electron chi connectivity index (χ4n) is 2.49. The van der Waals surface area contributed by atoms with E-state index in [1.165, 1.54) is 0 Å². The molecule has 1 aromatic rings. The SMILES string of the molecule is CCNCc1cccc(F)c1N1CCSC(CC)C1. The van der Waals surface area contributed by atoms with Crippen molar-refractivity contribution in [1.82, 2.24) is 5.32 Å². The molecule has 0 saturated carbocycles. The molecular formula is C15H23FN2S. The van der Waals surface area contributed by atoms with Gasteiger partial charge in [-0.15, -0.1) is 0 Å². The van der Waals surface area contributed by atoms with Gasteiger partial charge in [-0.05, 0) is 24.6 Å². The summed E-state index contributed by atoms with van der Waals surface area (Å²) >= 11 is 2.01. The smallest absolute Gasteiger partial charge is 0.146 e. The van der Waals surface area contributed by atoms with Crippen LogP contribution in [0.1, 0.15) is 25.8 Å². The second-order valence-corrected chi connectivity index (χ2v) is 6.28. The van der Waals surface area contributed by atoms with E-state index in [1.807, 2.05) is 23.9 Å². The molecule has 2 nitrogen and oxygen atoms in total. The molecule has 19 heavy (non-hydrogen) atoms. The third kappa shape index (κ3) is 3.63. The molecule has 1 N–H and O–H groups in total. The molecule has 0 aromatic heterocycles. The second-order valence-electron chi connectivity index (χ2n) is 4.87. The van der Waals surface area contributed by atoms with E-state index in [-0.39, 0.29) is 5.82 Å². The maximum absolute atomic E-state index is 14.2. The summed E-state index contributed by atoms with van der Waals surface area (Å²) in [5, 5.41) is 3.92. The topological polar surface area (TPSA) is 15.3 Å². The van der Waals surface area contributed by atoms with E-state index in [0.29, 0.717) is 5.25 Å². The highest BCUT2D eigenvalue weighted by molar-refractivity contribution is 8.00. The van der Waals surface area contributed by atoms with Gasteiger partial charge in [0.25, 0.3) is 0 Å². The molecule has 0 aliphatic carbocycles. The fourth-order valence-corrected chi connectivity index (χ4v) is 3.67. The zero-order valence-electron chi connectivity index (χ0n) is 11.8. The van der Waals surface area contributed by atoms with Crippen molar-refractivity contribution in [3.05, 3.63) is 29.6 Å². The molecule has 1 fully saturated rings. The fraction of sp³-hybridized carbons (Fsp3) is 0.600. The molecule has 0 radical (unpaired) electrons. The Bertz CT molecular complexity index is 411. The van der Waals surface area contributed by atoms with E-state index < -0.39 is 0 Å². The third-order valence-electron chi connectivity index (χ3n) is 3.55. The molecule has 1 atom stereocenters. The number of thioether (sulfide) groups is 1. The van der Waals surface area contributed by atoms with Gasteiger partial charge in [-0.2, -0.15) is 11.8 Å². The van der Waals surface area contributed by atoms with Crippen LogP contribution in [0.4, 0.5) is 10.1 Å². The summed E-state index contributed by atoms with van der Waals surface area (Å²) in [6, 6.07) is 5.42. The van der Waals surface area contributed by atoms with Gasteiger partial charge in [0.15, 0.2) is 0 Å². The minimum atomic E-state index is -0.0860. The molecule has 2 rings (SSSR count). The number of rotatable bonds is 5. The minimum absolute atomic E-state index is 0.0860. The van der Waals surface area contributed by atoms with Crippen molar-refractivity contribution < 1.29 is 4.39 Å². The average molecular weight is 282 g/mol. The van der Waals surface area contributed by atoms with Crippen molar-refractivity contribution in [2.75, 3.05) is 30.3 Å². The molecule has 1 aromatic carbocycles. The predicted octanol–water partition coefficient (Wildman–Crippen LogP) is 3.27. The quantitative estimate of drug-likeness (QED) is 0.892. The number of hydrogen-bond acceptors (Lipinski definition) is 3. The highest BCUT2D eigenvalue weighted by atomic mass is 32.2. The van der Waals surface area contributed by atoms with Gasteiger partial charge in [0.05, 0.1) is 5.69 Å². The van der Waals surface area contributed by atoms with Crippen LogP contribution in [0.2, 0.25) is 0 Å². The van der Waals surface area contributed by atoms with E-state index in [2.05, 4.69) is 24.1 Å². The monoisotopic (exact) mass is 282 g/mol. The van der Waals surface area contributed by atoms with Crippen LogP contribution in [-0.4, -0.2) is 30.6 Å². The van der Waals surface area contributed by atoms with Crippen molar-refractivity contribution in [1.29, 1.82) is 0 Å². The summed E-state index contributed by atoms with van der Waals surface area (Å²) in [6.07, 6.45) is 1.15. The normalized spacial score (nSPS) is 19.7. The first kappa shape index (κ1) is 14.7. The summed E-state index contributed by atoms with van der Waals surface area (Å²) in [4.78, 5) is 2.23. The van der Waals surface area contributed by atoms with E-state index >= 15 is 0 Å². The molecular weight excluding hydrogens is 259 g/mol. The molecule has 1 heterocycles. The van der Waals surface area contributed by atoms with Gasteiger partial charge in [-0.3, -0.25) is 0 Å². The summed E-state index contributed by atoms with van der Waals surface area (Å²) < 4.78 is 14.2. The van der Waals surface area contributed by atoms with Gasteiger partial charge >= 0.3 is 0 Å². The Morgan fingerprint density at radius 2 is 2.26 bits per heavy atom. The van der Waals surface area contributed by atoms with Gasteiger partial charge in [-0.1, -0.05) is 26.0 Å². The molecule has 1 aliphatic rings. The summed E-state index contributed by atoms with van der Waals surface area (Å²) in [5.41, 5.74) is 1.88. The number of halogens is 1. The van der Waals surface area contributed by atoms with Crippen LogP contribution in [-0.2, 0) is 6.54 Å². The van der Waals surface area contributed by atoms with Crippen LogP contribution in [0, 0.1) is 5.82 Å². The van der Waals surface area contributed by atoms with E-state index in [9.17, 15) is 4.39 Å². The summed E-state index contributed by atoms with van der Waals surface area (Å²) in [5.74, 6) is 1.00. The Kier molecular flexibility index (Phi) is 5.52. The predicted molar refractivity (Wildman–Crippen MR) is 82.5 cm³/mol. The van der Waals surface area contributed by atoms with Crippen LogP contribution in [0.15, 0.2) is 18.2 Å². The standard InChI is InChI=1S/C15H23FN2S/c1-3-13-11-18(8-9-19-13)15-12(10-17-4-2)6-5-7-14(15)16/h5-7,13,17H,3-4,8-11H2,1-2H3. The van der Waals surface area contributed by atoms with Crippen LogP contribution in [0.5, 0.6) is 0 Å². The van der Waals surface area contributed by atoms with Gasteiger partial charge in [0, 0.05) is 30.6 Å². The second kappa shape index (κ2) is 7.15. The van der Waals surface area contributed by atoms with Crippen LogP contribution >= 0.6 is 11.8 Å². The van der Waals surface area contributed by atoms with Crippen LogP contribution in [0.3, 0.4) is 0 Å². The molecule has 0 amide bonds. The highest BCUT2D eigenvalue weighted by Gasteiger charge is 2.23. The Morgan fingerprint density at radius 3 is 3.00 bits per heavy atom. The zero-order chi connectivity index (χ0) is 13.7. The van der Waals surface area contributed by atoms with Gasteiger partial charge in [0.1, 0.15) is 5.82 Å². The minimum Gasteiger partial charge on any atom is -0.367 e. The molecule has 1 saturated heterocycles. The van der Waals surface area contributed by atoms with E-state index in [1.54, 1.807) is 6.07 Å². The van der Waals surface area contributed by atoms with Crippen molar-refractivity contribution >= 4 is 17.4 Å². The molecule has 4 heteroatoms. The number of benzene rings is 1. The van der Waals surface area contributed by atoms with Gasteiger partial charge in [-0.25, -0.2) is 4.39 Å². The van der Waals surface area contributed by atoms with E-state index in [4.69, 9.17) is 0 Å². The Labute approximate surface area is 119 Å². The maximum atomic E-state index is 14.2. The van der Waals surface area contributed by atoms with Crippen molar-refractivity contribution in [3.8, 4) is 0 Å². The number of hydrogen-bond donors (Lipinski definition) is 1. The Balaban J connectivity index is 2.21. The number of nitrogens with one attached hydrogen (secondary N) is 1. The molecule has 1 unspecified atom stereocenters. The van der Waals surface area contributed by atoms with Crippen molar-refractivity contribution in [3.63, 3.8) is 0 Å². The first-order valence-corrected chi connectivity index (χ1v) is 8.15. The zero-order valence-corrected chi connectivity index (χ0v) is 12.6. The molecule has 0 spiro atoms. The first-order chi connectivity index (χ1) is 9.26. The Hall–Kier alpha value is -0.740.